The molecule has 1 aromatic rings. The zero-order chi connectivity index (χ0) is 14.1. The number of unbranched alkanes of at least 4 members (excludes halogenated alkanes) is 5. The summed E-state index contributed by atoms with van der Waals surface area (Å²) in [5.41, 5.74) is 0.531. The molecule has 0 spiro atoms. The number of aromatic nitrogens is 1. The summed E-state index contributed by atoms with van der Waals surface area (Å²) in [5.74, 6) is -0.551. The van der Waals surface area contributed by atoms with Gasteiger partial charge in [-0.05, 0) is 25.5 Å². The predicted octanol–water partition coefficient (Wildman–Crippen LogP) is 4.15. The summed E-state index contributed by atoms with van der Waals surface area (Å²) in [4.78, 5) is 26.8. The van der Waals surface area contributed by atoms with Crippen LogP contribution in [0.5, 0.6) is 0 Å². The number of aromatic amines is 1. The molecule has 3 nitrogen and oxygen atoms in total. The van der Waals surface area contributed by atoms with Gasteiger partial charge in [-0.3, -0.25) is 9.59 Å². The van der Waals surface area contributed by atoms with Crippen molar-refractivity contribution in [1.29, 1.82) is 0 Å². The lowest BCUT2D eigenvalue weighted by Gasteiger charge is -2.08. The molecule has 0 bridgehead atoms. The van der Waals surface area contributed by atoms with Gasteiger partial charge in [-0.15, -0.1) is 0 Å². The van der Waals surface area contributed by atoms with E-state index in [9.17, 15) is 9.59 Å². The van der Waals surface area contributed by atoms with E-state index in [4.69, 9.17) is 0 Å². The fraction of sp³-hybridized carbons (Fsp3) is 0.625. The molecular weight excluding hydrogens is 238 g/mol. The Hall–Kier alpha value is -1.38. The van der Waals surface area contributed by atoms with Crippen molar-refractivity contribution in [3.63, 3.8) is 0 Å². The summed E-state index contributed by atoms with van der Waals surface area (Å²) < 4.78 is 0. The van der Waals surface area contributed by atoms with Crippen molar-refractivity contribution in [1.82, 2.24) is 4.98 Å². The third kappa shape index (κ3) is 5.41. The molecule has 1 aromatic heterocycles. The van der Waals surface area contributed by atoms with E-state index in [1.54, 1.807) is 25.3 Å². The molecule has 0 saturated carbocycles. The van der Waals surface area contributed by atoms with Crippen LogP contribution in [0.2, 0.25) is 0 Å². The third-order valence-electron chi connectivity index (χ3n) is 3.52. The maximum atomic E-state index is 12.0. The maximum absolute atomic E-state index is 12.0. The Morgan fingerprint density at radius 2 is 1.84 bits per heavy atom. The Bertz CT molecular complexity index is 381. The molecular formula is C16H25NO2. The van der Waals surface area contributed by atoms with Crippen LogP contribution in [-0.4, -0.2) is 16.6 Å². The van der Waals surface area contributed by atoms with Crippen LogP contribution in [0.3, 0.4) is 0 Å². The van der Waals surface area contributed by atoms with Gasteiger partial charge in [-0.1, -0.05) is 39.0 Å². The van der Waals surface area contributed by atoms with E-state index in [1.807, 2.05) is 0 Å². The van der Waals surface area contributed by atoms with Crippen LogP contribution in [0.15, 0.2) is 18.3 Å². The van der Waals surface area contributed by atoms with Gasteiger partial charge in [0, 0.05) is 12.6 Å². The number of hydrogen-bond donors (Lipinski definition) is 1. The highest BCUT2D eigenvalue weighted by Gasteiger charge is 2.22. The zero-order valence-corrected chi connectivity index (χ0v) is 12.1. The summed E-state index contributed by atoms with van der Waals surface area (Å²) in [6.45, 7) is 3.90. The lowest BCUT2D eigenvalue weighted by atomic mass is 9.95. The lowest BCUT2D eigenvalue weighted by Crippen LogP contribution is -2.21. The van der Waals surface area contributed by atoms with Crippen molar-refractivity contribution in [3.8, 4) is 0 Å². The van der Waals surface area contributed by atoms with Gasteiger partial charge in [0.2, 0.25) is 0 Å². The molecule has 0 saturated heterocycles. The average molecular weight is 263 g/mol. The lowest BCUT2D eigenvalue weighted by molar-refractivity contribution is -0.121. The molecule has 1 unspecified atom stereocenters. The molecule has 1 N–H and O–H groups in total. The predicted molar refractivity (Wildman–Crippen MR) is 77.3 cm³/mol. The van der Waals surface area contributed by atoms with Crippen LogP contribution < -0.4 is 0 Å². The average Bonchev–Trinajstić information content (AvgIpc) is 2.94. The summed E-state index contributed by atoms with van der Waals surface area (Å²) in [5, 5.41) is 0. The number of nitrogens with one attached hydrogen (secondary N) is 1. The number of hydrogen-bond acceptors (Lipinski definition) is 2. The van der Waals surface area contributed by atoms with Crippen LogP contribution in [0.25, 0.3) is 0 Å². The van der Waals surface area contributed by atoms with Crippen molar-refractivity contribution in [2.45, 2.75) is 58.8 Å². The van der Waals surface area contributed by atoms with E-state index in [2.05, 4.69) is 11.9 Å². The van der Waals surface area contributed by atoms with Gasteiger partial charge >= 0.3 is 0 Å². The van der Waals surface area contributed by atoms with Crippen LogP contribution in [-0.2, 0) is 4.79 Å². The number of carbonyl (C=O) groups excluding carboxylic acids is 2. The van der Waals surface area contributed by atoms with Gasteiger partial charge in [-0.2, -0.15) is 0 Å². The van der Waals surface area contributed by atoms with Gasteiger partial charge in [0.15, 0.2) is 5.78 Å². The molecule has 0 aliphatic heterocycles. The van der Waals surface area contributed by atoms with Crippen molar-refractivity contribution in [2.24, 2.45) is 5.92 Å². The first kappa shape index (κ1) is 15.7. The molecule has 0 aliphatic carbocycles. The number of ketones is 2. The highest BCUT2D eigenvalue weighted by molar-refractivity contribution is 6.09. The molecule has 19 heavy (non-hydrogen) atoms. The molecule has 0 fully saturated rings. The monoisotopic (exact) mass is 263 g/mol. The second-order valence-electron chi connectivity index (χ2n) is 5.15. The van der Waals surface area contributed by atoms with E-state index in [0.29, 0.717) is 12.1 Å². The Labute approximate surface area is 115 Å². The Balaban J connectivity index is 2.23. The maximum Gasteiger partial charge on any atom is 0.189 e. The number of rotatable bonds is 10. The fourth-order valence-corrected chi connectivity index (χ4v) is 2.16. The highest BCUT2D eigenvalue weighted by Crippen LogP contribution is 2.13. The van der Waals surface area contributed by atoms with Gasteiger partial charge in [0.25, 0.3) is 0 Å². The minimum absolute atomic E-state index is 0.0649. The summed E-state index contributed by atoms with van der Waals surface area (Å²) in [6, 6.07) is 3.50. The molecule has 1 atom stereocenters. The van der Waals surface area contributed by atoms with Crippen LogP contribution >= 0.6 is 0 Å². The van der Waals surface area contributed by atoms with Crippen molar-refractivity contribution >= 4 is 11.6 Å². The van der Waals surface area contributed by atoms with Crippen LogP contribution in [0, 0.1) is 5.92 Å². The first-order valence-corrected chi connectivity index (χ1v) is 7.37. The SMILES string of the molecule is CCCCCCCCC(=O)C(C)C(=O)c1ccc[nH]1. The smallest absolute Gasteiger partial charge is 0.189 e. The Morgan fingerprint density at radius 1 is 1.16 bits per heavy atom. The molecule has 0 aromatic carbocycles. The van der Waals surface area contributed by atoms with E-state index in [0.717, 1.165) is 12.8 Å². The molecule has 0 radical (unpaired) electrons. The topological polar surface area (TPSA) is 49.9 Å². The van der Waals surface area contributed by atoms with E-state index in [-0.39, 0.29) is 11.6 Å². The Morgan fingerprint density at radius 3 is 2.47 bits per heavy atom. The van der Waals surface area contributed by atoms with Gasteiger partial charge < -0.3 is 4.98 Å². The summed E-state index contributed by atoms with van der Waals surface area (Å²) in [7, 11) is 0. The molecule has 1 heterocycles. The van der Waals surface area contributed by atoms with Gasteiger partial charge in [-0.25, -0.2) is 0 Å². The minimum Gasteiger partial charge on any atom is -0.359 e. The van der Waals surface area contributed by atoms with Gasteiger partial charge in [0.05, 0.1) is 11.6 Å². The normalized spacial score (nSPS) is 12.3. The van der Waals surface area contributed by atoms with Gasteiger partial charge in [0.1, 0.15) is 5.78 Å². The van der Waals surface area contributed by atoms with E-state index >= 15 is 0 Å². The number of carbonyl (C=O) groups is 2. The molecule has 0 amide bonds. The van der Waals surface area contributed by atoms with Crippen LogP contribution in [0.4, 0.5) is 0 Å². The standard InChI is InChI=1S/C16H25NO2/c1-3-4-5-6-7-8-11-15(18)13(2)16(19)14-10-9-12-17-14/h9-10,12-13,17H,3-8,11H2,1-2H3. The van der Waals surface area contributed by atoms with Crippen molar-refractivity contribution in [2.75, 3.05) is 0 Å². The minimum atomic E-state index is -0.519. The number of H-pyrrole nitrogens is 1. The quantitative estimate of drug-likeness (QED) is 0.391. The Kier molecular flexibility index (Phi) is 7.16. The first-order chi connectivity index (χ1) is 9.16. The van der Waals surface area contributed by atoms with Crippen molar-refractivity contribution in [3.05, 3.63) is 24.0 Å². The molecule has 0 aliphatic rings. The van der Waals surface area contributed by atoms with Crippen LogP contribution in [0.1, 0.15) is 69.3 Å². The fourth-order valence-electron chi connectivity index (χ4n) is 2.16. The first-order valence-electron chi connectivity index (χ1n) is 7.37. The second kappa shape index (κ2) is 8.68. The van der Waals surface area contributed by atoms with E-state index < -0.39 is 5.92 Å². The van der Waals surface area contributed by atoms with E-state index in [1.165, 1.54) is 25.7 Å². The molecule has 1 rings (SSSR count). The third-order valence-corrected chi connectivity index (χ3v) is 3.52. The van der Waals surface area contributed by atoms with Crippen molar-refractivity contribution < 1.29 is 9.59 Å². The largest absolute Gasteiger partial charge is 0.359 e. The molecule has 3 heteroatoms. The zero-order valence-electron chi connectivity index (χ0n) is 12.1. The summed E-state index contributed by atoms with van der Waals surface area (Å²) >= 11 is 0. The molecule has 106 valence electrons. The highest BCUT2D eigenvalue weighted by atomic mass is 16.2. The number of Topliss-reactive ketones (excluding diaryl/α,β-unsaturated/α-hetero) is 2. The second-order valence-corrected chi connectivity index (χ2v) is 5.15. The summed E-state index contributed by atoms with van der Waals surface area (Å²) in [6.07, 6.45) is 9.19.